The summed E-state index contributed by atoms with van der Waals surface area (Å²) in [7, 11) is 0. The highest BCUT2D eigenvalue weighted by Gasteiger charge is 2.56. The molecule has 0 saturated carbocycles. The Balaban J connectivity index is 2.37. The summed E-state index contributed by atoms with van der Waals surface area (Å²) in [4.78, 5) is 0. The quantitative estimate of drug-likeness (QED) is 0.342. The topological polar surface area (TPSA) is 36.9 Å². The lowest BCUT2D eigenvalue weighted by molar-refractivity contribution is -0.0596. The van der Waals surface area contributed by atoms with Gasteiger partial charge in [0, 0.05) is 34.6 Å². The Kier molecular flexibility index (Phi) is 8.68. The van der Waals surface area contributed by atoms with E-state index < -0.39 is 11.0 Å². The predicted octanol–water partition coefficient (Wildman–Crippen LogP) is 9.99. The minimum Gasteiger partial charge on any atom is -0.488 e. The highest BCUT2D eigenvalue weighted by atomic mass is 16.5. The molecular weight excluding hydrogens is 496 g/mol. The molecule has 0 bridgehead atoms. The third-order valence-electron chi connectivity index (χ3n) is 7.39. The summed E-state index contributed by atoms with van der Waals surface area (Å²) in [6, 6.07) is 12.8. The van der Waals surface area contributed by atoms with Gasteiger partial charge < -0.3 is 18.9 Å². The van der Waals surface area contributed by atoms with Crippen LogP contribution in [0.25, 0.3) is 0 Å². The van der Waals surface area contributed by atoms with E-state index in [9.17, 15) is 0 Å². The molecule has 0 aromatic heterocycles. The summed E-state index contributed by atoms with van der Waals surface area (Å²) < 4.78 is 26.4. The minimum absolute atomic E-state index is 0.181. The summed E-state index contributed by atoms with van der Waals surface area (Å²) in [5.74, 6) is 4.38. The smallest absolute Gasteiger partial charge is 0.127 e. The lowest BCUT2D eigenvalue weighted by atomic mass is 9.55. The maximum absolute atomic E-state index is 7.06. The molecule has 0 fully saturated rings. The van der Waals surface area contributed by atoms with E-state index in [1.807, 2.05) is 0 Å². The molecule has 3 rings (SSSR count). The summed E-state index contributed by atoms with van der Waals surface area (Å²) >= 11 is 0. The van der Waals surface area contributed by atoms with Crippen molar-refractivity contribution in [3.8, 4) is 23.0 Å². The fraction of sp³-hybridized carbons (Fsp3) is 0.667. The van der Waals surface area contributed by atoms with Crippen LogP contribution in [0.3, 0.4) is 0 Å². The molecular formula is C36H56O4. The Morgan fingerprint density at radius 2 is 1.18 bits per heavy atom. The van der Waals surface area contributed by atoms with E-state index in [0.717, 1.165) is 40.5 Å². The van der Waals surface area contributed by atoms with E-state index in [4.69, 9.17) is 18.9 Å². The van der Waals surface area contributed by atoms with Crippen molar-refractivity contribution < 1.29 is 18.9 Å². The Morgan fingerprint density at radius 3 is 1.62 bits per heavy atom. The van der Waals surface area contributed by atoms with E-state index in [1.54, 1.807) is 0 Å². The van der Waals surface area contributed by atoms with Gasteiger partial charge in [0.25, 0.3) is 0 Å². The zero-order valence-electron chi connectivity index (χ0n) is 28.0. The zero-order valence-corrected chi connectivity index (χ0v) is 28.0. The highest BCUT2D eigenvalue weighted by molar-refractivity contribution is 5.58. The Hall–Kier alpha value is -2.36. The molecule has 1 aliphatic heterocycles. The third-order valence-corrected chi connectivity index (χ3v) is 7.39. The largest absolute Gasteiger partial charge is 0.488 e. The summed E-state index contributed by atoms with van der Waals surface area (Å²) in [5.41, 5.74) is 0.540. The zero-order chi connectivity index (χ0) is 30.5. The number of ether oxygens (including phenoxy) is 4. The van der Waals surface area contributed by atoms with Crippen LogP contribution >= 0.6 is 0 Å². The van der Waals surface area contributed by atoms with Gasteiger partial charge >= 0.3 is 0 Å². The van der Waals surface area contributed by atoms with Crippen molar-refractivity contribution >= 4 is 0 Å². The average Bonchev–Trinajstić information content (AvgIpc) is 2.68. The van der Waals surface area contributed by atoms with Crippen LogP contribution in [0.1, 0.15) is 121 Å². The van der Waals surface area contributed by atoms with Crippen molar-refractivity contribution in [2.45, 2.75) is 138 Å². The van der Waals surface area contributed by atoms with E-state index in [-0.39, 0.29) is 22.7 Å². The van der Waals surface area contributed by atoms with Gasteiger partial charge in [0.15, 0.2) is 0 Å². The molecule has 4 heteroatoms. The second kappa shape index (κ2) is 10.8. The highest BCUT2D eigenvalue weighted by Crippen LogP contribution is 2.59. The van der Waals surface area contributed by atoms with Crippen LogP contribution in [0.5, 0.6) is 23.0 Å². The van der Waals surface area contributed by atoms with Gasteiger partial charge in [0.2, 0.25) is 0 Å². The van der Waals surface area contributed by atoms with Crippen LogP contribution < -0.4 is 18.9 Å². The molecule has 2 aromatic carbocycles. The van der Waals surface area contributed by atoms with Crippen molar-refractivity contribution in [1.29, 1.82) is 0 Å². The molecule has 0 amide bonds. The predicted molar refractivity (Wildman–Crippen MR) is 167 cm³/mol. The number of hydrogen-bond donors (Lipinski definition) is 0. The fourth-order valence-electron chi connectivity index (χ4n) is 6.95. The summed E-state index contributed by atoms with van der Waals surface area (Å²) in [5, 5.41) is 0. The van der Waals surface area contributed by atoms with Gasteiger partial charge in [0.1, 0.15) is 45.4 Å². The van der Waals surface area contributed by atoms with Crippen LogP contribution in [-0.2, 0) is 5.41 Å². The van der Waals surface area contributed by atoms with Gasteiger partial charge in [-0.3, -0.25) is 0 Å². The molecule has 4 nitrogen and oxygen atoms in total. The van der Waals surface area contributed by atoms with Gasteiger partial charge in [-0.15, -0.1) is 0 Å². The van der Waals surface area contributed by atoms with E-state index in [1.165, 1.54) is 0 Å². The van der Waals surface area contributed by atoms with E-state index >= 15 is 0 Å². The first kappa shape index (κ1) is 32.2. The molecule has 224 valence electrons. The Labute approximate surface area is 245 Å². The molecule has 0 saturated heterocycles. The second-order valence-corrected chi connectivity index (χ2v) is 15.9. The lowest BCUT2D eigenvalue weighted by Gasteiger charge is -2.55. The molecule has 0 aliphatic carbocycles. The molecule has 0 N–H and O–H groups in total. The first-order valence-corrected chi connectivity index (χ1v) is 15.1. The molecule has 40 heavy (non-hydrogen) atoms. The maximum Gasteiger partial charge on any atom is 0.127 e. The number of rotatable bonds is 7. The van der Waals surface area contributed by atoms with Crippen LogP contribution in [0.15, 0.2) is 36.4 Å². The SMILES string of the molecule is CC(C)CC1(C)Oc2cc(OC(C)(C)C)ccc2C(C)(c2ccc(OC(C)(C)C)cc2OC(C)(C)C)C1C(C)C. The normalized spacial score (nSPS) is 23.6. The van der Waals surface area contributed by atoms with Gasteiger partial charge in [-0.1, -0.05) is 46.8 Å². The van der Waals surface area contributed by atoms with Crippen molar-refractivity contribution in [1.82, 2.24) is 0 Å². The lowest BCUT2D eigenvalue weighted by Crippen LogP contribution is -2.57. The molecule has 2 aromatic rings. The monoisotopic (exact) mass is 552 g/mol. The molecule has 0 spiro atoms. The third kappa shape index (κ3) is 7.28. The Morgan fingerprint density at radius 1 is 0.700 bits per heavy atom. The molecule has 3 unspecified atom stereocenters. The standard InChI is InChI=1S/C36H56O4/c1-23(2)22-35(14)31(24(3)4)36(15,28-19-17-26(21-30(28)40-35)38-33(8,9)10)27-18-16-25(37-32(5,6)7)20-29(27)39-34(11,12)13/h16-21,23-24,31H,22H2,1-15H3. The summed E-state index contributed by atoms with van der Waals surface area (Å²) in [6.07, 6.45) is 0.940. The van der Waals surface area contributed by atoms with Crippen LogP contribution in [0, 0.1) is 17.8 Å². The minimum atomic E-state index is -0.399. The van der Waals surface area contributed by atoms with Crippen molar-refractivity contribution in [3.63, 3.8) is 0 Å². The van der Waals surface area contributed by atoms with Gasteiger partial charge in [-0.2, -0.15) is 0 Å². The molecule has 1 heterocycles. The van der Waals surface area contributed by atoms with E-state index in [2.05, 4.69) is 140 Å². The van der Waals surface area contributed by atoms with Crippen LogP contribution in [0.2, 0.25) is 0 Å². The Bertz CT molecular complexity index is 1170. The van der Waals surface area contributed by atoms with Crippen LogP contribution in [0.4, 0.5) is 0 Å². The second-order valence-electron chi connectivity index (χ2n) is 15.9. The molecule has 1 aliphatic rings. The molecule has 3 atom stereocenters. The van der Waals surface area contributed by atoms with Gasteiger partial charge in [0.05, 0.1) is 0 Å². The van der Waals surface area contributed by atoms with Crippen molar-refractivity contribution in [2.24, 2.45) is 17.8 Å². The first-order valence-electron chi connectivity index (χ1n) is 15.1. The average molecular weight is 553 g/mol. The van der Waals surface area contributed by atoms with Crippen LogP contribution in [-0.4, -0.2) is 22.4 Å². The summed E-state index contributed by atoms with van der Waals surface area (Å²) in [6.45, 7) is 32.7. The van der Waals surface area contributed by atoms with Crippen molar-refractivity contribution in [3.05, 3.63) is 47.5 Å². The number of hydrogen-bond acceptors (Lipinski definition) is 4. The number of benzene rings is 2. The molecule has 0 radical (unpaired) electrons. The fourth-order valence-corrected chi connectivity index (χ4v) is 6.95. The van der Waals surface area contributed by atoms with E-state index in [0.29, 0.717) is 11.8 Å². The van der Waals surface area contributed by atoms with Crippen molar-refractivity contribution in [2.75, 3.05) is 0 Å². The maximum atomic E-state index is 7.06. The van der Waals surface area contributed by atoms with Gasteiger partial charge in [-0.05, 0) is 99.6 Å². The van der Waals surface area contributed by atoms with Gasteiger partial charge in [-0.25, -0.2) is 0 Å². The number of fused-ring (bicyclic) bond motifs is 1. The first-order chi connectivity index (χ1) is 18.0.